The van der Waals surface area contributed by atoms with E-state index >= 15 is 0 Å². The standard InChI is InChI=1S/C24H18ClNO4/c1-30-19-13-7-15(8-14-19)21-20(22(27)16-5-3-2-4-6-16)23(28)24(29)26(21)18-11-9-17(25)10-12-18/h2-14,21,27H,1H3/b22-20+/t21-/m0/s1. The quantitative estimate of drug-likeness (QED) is 0.368. The van der Waals surface area contributed by atoms with Gasteiger partial charge in [-0.05, 0) is 42.0 Å². The average molecular weight is 420 g/mol. The number of hydrogen-bond donors (Lipinski definition) is 1. The molecule has 3 aromatic carbocycles. The van der Waals surface area contributed by atoms with E-state index in [4.69, 9.17) is 16.3 Å². The molecule has 1 atom stereocenters. The Hall–Kier alpha value is -3.57. The van der Waals surface area contributed by atoms with Crippen LogP contribution in [0.1, 0.15) is 17.2 Å². The van der Waals surface area contributed by atoms with Gasteiger partial charge in [0, 0.05) is 16.3 Å². The van der Waals surface area contributed by atoms with Crippen LogP contribution in [-0.2, 0) is 9.59 Å². The number of nitrogens with zero attached hydrogens (tertiary/aromatic N) is 1. The van der Waals surface area contributed by atoms with Crippen LogP contribution in [0.5, 0.6) is 5.75 Å². The molecule has 6 heteroatoms. The van der Waals surface area contributed by atoms with Gasteiger partial charge in [0.15, 0.2) is 0 Å². The molecule has 4 rings (SSSR count). The van der Waals surface area contributed by atoms with Gasteiger partial charge in [-0.2, -0.15) is 0 Å². The van der Waals surface area contributed by atoms with E-state index < -0.39 is 17.7 Å². The normalized spacial score (nSPS) is 17.9. The Labute approximate surface area is 178 Å². The van der Waals surface area contributed by atoms with Crippen LogP contribution in [0.15, 0.2) is 84.4 Å². The summed E-state index contributed by atoms with van der Waals surface area (Å²) in [5.41, 5.74) is 1.67. The van der Waals surface area contributed by atoms with Crippen molar-refractivity contribution in [3.8, 4) is 5.75 Å². The van der Waals surface area contributed by atoms with Crippen molar-refractivity contribution in [1.29, 1.82) is 0 Å². The third-order valence-electron chi connectivity index (χ3n) is 5.03. The average Bonchev–Trinajstić information content (AvgIpc) is 3.05. The smallest absolute Gasteiger partial charge is 0.300 e. The zero-order valence-corrected chi connectivity index (χ0v) is 16.8. The summed E-state index contributed by atoms with van der Waals surface area (Å²) < 4.78 is 5.22. The molecule has 3 aromatic rings. The Morgan fingerprint density at radius 2 is 1.57 bits per heavy atom. The summed E-state index contributed by atoms with van der Waals surface area (Å²) in [6, 6.07) is 21.6. The predicted molar refractivity (Wildman–Crippen MR) is 116 cm³/mol. The Kier molecular flexibility index (Phi) is 5.29. The molecule has 5 nitrogen and oxygen atoms in total. The molecule has 150 valence electrons. The zero-order valence-electron chi connectivity index (χ0n) is 16.1. The third-order valence-corrected chi connectivity index (χ3v) is 5.28. The number of Topliss-reactive ketones (excluding diaryl/α,β-unsaturated/α-hetero) is 1. The van der Waals surface area contributed by atoms with Gasteiger partial charge in [-0.15, -0.1) is 0 Å². The molecular weight excluding hydrogens is 402 g/mol. The number of methoxy groups -OCH3 is 1. The van der Waals surface area contributed by atoms with E-state index in [0.29, 0.717) is 27.6 Å². The second-order valence-corrected chi connectivity index (χ2v) is 7.22. The van der Waals surface area contributed by atoms with Crippen LogP contribution >= 0.6 is 11.6 Å². The molecular formula is C24H18ClNO4. The Bertz CT molecular complexity index is 1120. The summed E-state index contributed by atoms with van der Waals surface area (Å²) in [5, 5.41) is 11.5. The van der Waals surface area contributed by atoms with Crippen LogP contribution in [0.25, 0.3) is 5.76 Å². The molecule has 0 aliphatic carbocycles. The number of benzene rings is 3. The van der Waals surface area contributed by atoms with Gasteiger partial charge < -0.3 is 9.84 Å². The fourth-order valence-electron chi connectivity index (χ4n) is 3.55. The molecule has 1 N–H and O–H groups in total. The summed E-state index contributed by atoms with van der Waals surface area (Å²) in [4.78, 5) is 27.4. The van der Waals surface area contributed by atoms with Gasteiger partial charge in [0.25, 0.3) is 11.7 Å². The zero-order chi connectivity index (χ0) is 21.3. The highest BCUT2D eigenvalue weighted by Crippen LogP contribution is 2.42. The summed E-state index contributed by atoms with van der Waals surface area (Å²) >= 11 is 6.00. The highest BCUT2D eigenvalue weighted by atomic mass is 35.5. The maximum absolute atomic E-state index is 13.0. The number of aliphatic hydroxyl groups excluding tert-OH is 1. The second kappa shape index (κ2) is 8.05. The van der Waals surface area contributed by atoms with Crippen LogP contribution in [0.2, 0.25) is 5.02 Å². The van der Waals surface area contributed by atoms with Crippen molar-refractivity contribution < 1.29 is 19.4 Å². The molecule has 30 heavy (non-hydrogen) atoms. The summed E-state index contributed by atoms with van der Waals surface area (Å²) in [7, 11) is 1.56. The molecule has 0 bridgehead atoms. The monoisotopic (exact) mass is 419 g/mol. The molecule has 1 amide bonds. The Morgan fingerprint density at radius 3 is 2.17 bits per heavy atom. The first-order chi connectivity index (χ1) is 14.5. The van der Waals surface area contributed by atoms with Crippen molar-refractivity contribution >= 4 is 34.7 Å². The maximum atomic E-state index is 13.0. The van der Waals surface area contributed by atoms with Gasteiger partial charge in [0.1, 0.15) is 11.5 Å². The van der Waals surface area contributed by atoms with Crippen LogP contribution in [0.3, 0.4) is 0 Å². The minimum absolute atomic E-state index is 0.0336. The highest BCUT2D eigenvalue weighted by Gasteiger charge is 2.46. The first kappa shape index (κ1) is 19.7. The summed E-state index contributed by atoms with van der Waals surface area (Å²) in [6.07, 6.45) is 0. The number of hydrogen-bond acceptors (Lipinski definition) is 4. The lowest BCUT2D eigenvalue weighted by molar-refractivity contribution is -0.132. The largest absolute Gasteiger partial charge is 0.507 e. The van der Waals surface area contributed by atoms with Gasteiger partial charge in [-0.25, -0.2) is 0 Å². The van der Waals surface area contributed by atoms with E-state index in [9.17, 15) is 14.7 Å². The number of carbonyl (C=O) groups is 2. The molecule has 1 aliphatic rings. The van der Waals surface area contributed by atoms with E-state index in [1.807, 2.05) is 6.07 Å². The number of carbonyl (C=O) groups excluding carboxylic acids is 2. The van der Waals surface area contributed by atoms with Gasteiger partial charge in [-0.1, -0.05) is 54.1 Å². The van der Waals surface area contributed by atoms with Gasteiger partial charge in [0.05, 0.1) is 18.7 Å². The minimum Gasteiger partial charge on any atom is -0.507 e. The van der Waals surface area contributed by atoms with Crippen molar-refractivity contribution in [2.24, 2.45) is 0 Å². The molecule has 1 fully saturated rings. The van der Waals surface area contributed by atoms with E-state index in [2.05, 4.69) is 0 Å². The lowest BCUT2D eigenvalue weighted by Crippen LogP contribution is -2.29. The molecule has 0 aromatic heterocycles. The predicted octanol–water partition coefficient (Wildman–Crippen LogP) is 4.97. The van der Waals surface area contributed by atoms with Crippen molar-refractivity contribution in [2.45, 2.75) is 6.04 Å². The Morgan fingerprint density at radius 1 is 0.933 bits per heavy atom. The molecule has 1 saturated heterocycles. The maximum Gasteiger partial charge on any atom is 0.300 e. The molecule has 1 aliphatic heterocycles. The topological polar surface area (TPSA) is 66.8 Å². The number of anilines is 1. The number of amides is 1. The van der Waals surface area contributed by atoms with Crippen LogP contribution in [-0.4, -0.2) is 23.9 Å². The number of ether oxygens (including phenoxy) is 1. The summed E-state index contributed by atoms with van der Waals surface area (Å²) in [6.45, 7) is 0. The molecule has 1 heterocycles. The lowest BCUT2D eigenvalue weighted by Gasteiger charge is -2.25. The lowest BCUT2D eigenvalue weighted by atomic mass is 9.95. The van der Waals surface area contributed by atoms with Gasteiger partial charge in [0.2, 0.25) is 0 Å². The molecule has 0 radical (unpaired) electrons. The minimum atomic E-state index is -0.794. The number of aliphatic hydroxyl groups is 1. The van der Waals surface area contributed by atoms with Gasteiger partial charge in [-0.3, -0.25) is 14.5 Å². The van der Waals surface area contributed by atoms with Gasteiger partial charge >= 0.3 is 0 Å². The van der Waals surface area contributed by atoms with E-state index in [-0.39, 0.29) is 11.3 Å². The third kappa shape index (κ3) is 3.44. The van der Waals surface area contributed by atoms with E-state index in [1.54, 1.807) is 79.9 Å². The Balaban J connectivity index is 1.92. The first-order valence-corrected chi connectivity index (χ1v) is 9.65. The van der Waals surface area contributed by atoms with E-state index in [0.717, 1.165) is 0 Å². The number of rotatable bonds is 4. The van der Waals surface area contributed by atoms with Crippen molar-refractivity contribution in [3.63, 3.8) is 0 Å². The second-order valence-electron chi connectivity index (χ2n) is 6.78. The molecule has 0 saturated carbocycles. The summed E-state index contributed by atoms with van der Waals surface area (Å²) in [5.74, 6) is -1.03. The fourth-order valence-corrected chi connectivity index (χ4v) is 3.68. The SMILES string of the molecule is COc1ccc([C@H]2/C(=C(\O)c3ccccc3)C(=O)C(=O)N2c2ccc(Cl)cc2)cc1. The van der Waals surface area contributed by atoms with Crippen LogP contribution < -0.4 is 9.64 Å². The fraction of sp³-hybridized carbons (Fsp3) is 0.0833. The van der Waals surface area contributed by atoms with Crippen LogP contribution in [0.4, 0.5) is 5.69 Å². The van der Waals surface area contributed by atoms with Crippen LogP contribution in [0, 0.1) is 0 Å². The molecule has 0 spiro atoms. The van der Waals surface area contributed by atoms with Crippen molar-refractivity contribution in [3.05, 3.63) is 101 Å². The highest BCUT2D eigenvalue weighted by molar-refractivity contribution is 6.51. The molecule has 0 unspecified atom stereocenters. The first-order valence-electron chi connectivity index (χ1n) is 9.27. The van der Waals surface area contributed by atoms with Crippen molar-refractivity contribution in [2.75, 3.05) is 12.0 Å². The van der Waals surface area contributed by atoms with E-state index in [1.165, 1.54) is 4.90 Å². The van der Waals surface area contributed by atoms with Crippen molar-refractivity contribution in [1.82, 2.24) is 0 Å². The number of halogens is 1. The number of ketones is 1.